The topological polar surface area (TPSA) is 35.2 Å². The molecule has 4 heteroatoms. The smallest absolute Gasteiger partial charge is 0.141 e. The standard InChI is InChI=1S/C12H17Cl2NO/c1-8(4-3-5-15)10-6-9(13)7-11(14)12(10)16-2/h6-8H,3-5,15H2,1-2H3. The molecule has 0 radical (unpaired) electrons. The van der Waals surface area contributed by atoms with E-state index in [2.05, 4.69) is 6.92 Å². The summed E-state index contributed by atoms with van der Waals surface area (Å²) in [4.78, 5) is 0. The second-order valence-electron chi connectivity index (χ2n) is 3.84. The molecule has 1 unspecified atom stereocenters. The van der Waals surface area contributed by atoms with Gasteiger partial charge in [-0.1, -0.05) is 30.1 Å². The molecular weight excluding hydrogens is 245 g/mol. The maximum absolute atomic E-state index is 6.08. The molecule has 90 valence electrons. The Morgan fingerprint density at radius 1 is 1.38 bits per heavy atom. The van der Waals surface area contributed by atoms with Crippen molar-refractivity contribution in [2.45, 2.75) is 25.7 Å². The summed E-state index contributed by atoms with van der Waals surface area (Å²) in [7, 11) is 1.62. The van der Waals surface area contributed by atoms with Gasteiger partial charge in [0.1, 0.15) is 5.75 Å². The molecule has 0 bridgehead atoms. The van der Waals surface area contributed by atoms with E-state index in [0.717, 1.165) is 24.2 Å². The van der Waals surface area contributed by atoms with E-state index in [-0.39, 0.29) is 0 Å². The van der Waals surface area contributed by atoms with Crippen LogP contribution in [0.15, 0.2) is 12.1 Å². The van der Waals surface area contributed by atoms with Crippen molar-refractivity contribution in [2.75, 3.05) is 13.7 Å². The van der Waals surface area contributed by atoms with E-state index >= 15 is 0 Å². The average molecular weight is 262 g/mol. The number of ether oxygens (including phenoxy) is 1. The van der Waals surface area contributed by atoms with Crippen molar-refractivity contribution >= 4 is 23.2 Å². The Kier molecular flexibility index (Phi) is 5.39. The lowest BCUT2D eigenvalue weighted by molar-refractivity contribution is 0.405. The normalized spacial score (nSPS) is 12.6. The van der Waals surface area contributed by atoms with Gasteiger partial charge in [0.05, 0.1) is 12.1 Å². The molecule has 0 amide bonds. The van der Waals surface area contributed by atoms with Crippen molar-refractivity contribution in [2.24, 2.45) is 5.73 Å². The van der Waals surface area contributed by atoms with Gasteiger partial charge in [0.15, 0.2) is 0 Å². The van der Waals surface area contributed by atoms with Gasteiger partial charge in [0.2, 0.25) is 0 Å². The molecule has 2 nitrogen and oxygen atoms in total. The summed E-state index contributed by atoms with van der Waals surface area (Å²) < 4.78 is 5.31. The molecule has 0 aromatic heterocycles. The first-order valence-corrected chi connectivity index (χ1v) is 6.08. The maximum Gasteiger partial charge on any atom is 0.141 e. The van der Waals surface area contributed by atoms with Crippen molar-refractivity contribution in [3.8, 4) is 5.75 Å². The first-order chi connectivity index (χ1) is 7.60. The molecule has 1 rings (SSSR count). The van der Waals surface area contributed by atoms with Gasteiger partial charge in [0.25, 0.3) is 0 Å². The zero-order valence-electron chi connectivity index (χ0n) is 9.59. The zero-order chi connectivity index (χ0) is 12.1. The highest BCUT2D eigenvalue weighted by Gasteiger charge is 2.15. The summed E-state index contributed by atoms with van der Waals surface area (Å²) >= 11 is 12.1. The molecule has 2 N–H and O–H groups in total. The van der Waals surface area contributed by atoms with Gasteiger partial charge in [0, 0.05) is 5.02 Å². The Bertz CT molecular complexity index is 355. The number of hydrogen-bond acceptors (Lipinski definition) is 2. The summed E-state index contributed by atoms with van der Waals surface area (Å²) in [6.45, 7) is 2.82. The first kappa shape index (κ1) is 13.6. The molecule has 0 spiro atoms. The van der Waals surface area contributed by atoms with Gasteiger partial charge in [-0.05, 0) is 43.0 Å². The lowest BCUT2D eigenvalue weighted by Gasteiger charge is -2.17. The Morgan fingerprint density at radius 2 is 2.06 bits per heavy atom. The highest BCUT2D eigenvalue weighted by molar-refractivity contribution is 6.35. The van der Waals surface area contributed by atoms with Gasteiger partial charge in [-0.2, -0.15) is 0 Å². The average Bonchev–Trinajstić information content (AvgIpc) is 2.24. The summed E-state index contributed by atoms with van der Waals surface area (Å²) in [5.41, 5.74) is 6.55. The van der Waals surface area contributed by atoms with Gasteiger partial charge >= 0.3 is 0 Å². The van der Waals surface area contributed by atoms with Crippen molar-refractivity contribution in [3.05, 3.63) is 27.7 Å². The molecule has 0 saturated heterocycles. The van der Waals surface area contributed by atoms with Crippen LogP contribution >= 0.6 is 23.2 Å². The quantitative estimate of drug-likeness (QED) is 0.874. The minimum atomic E-state index is 0.342. The Hall–Kier alpha value is -0.440. The number of nitrogens with two attached hydrogens (primary N) is 1. The van der Waals surface area contributed by atoms with Gasteiger partial charge < -0.3 is 10.5 Å². The third-order valence-corrected chi connectivity index (χ3v) is 3.11. The largest absolute Gasteiger partial charge is 0.495 e. The predicted molar refractivity (Wildman–Crippen MR) is 69.7 cm³/mol. The van der Waals surface area contributed by atoms with Crippen LogP contribution < -0.4 is 10.5 Å². The van der Waals surface area contributed by atoms with Crippen LogP contribution in [0.2, 0.25) is 10.0 Å². The minimum absolute atomic E-state index is 0.342. The fourth-order valence-corrected chi connectivity index (χ4v) is 2.33. The molecular formula is C12H17Cl2NO. The SMILES string of the molecule is COc1c(Cl)cc(Cl)cc1C(C)CCCN. The van der Waals surface area contributed by atoms with Crippen molar-refractivity contribution < 1.29 is 4.74 Å². The van der Waals surface area contributed by atoms with Crippen molar-refractivity contribution in [3.63, 3.8) is 0 Å². The van der Waals surface area contributed by atoms with Crippen LogP contribution in [0.1, 0.15) is 31.2 Å². The summed E-state index contributed by atoms with van der Waals surface area (Å²) in [6.07, 6.45) is 1.98. The third-order valence-electron chi connectivity index (χ3n) is 2.61. The molecule has 0 aliphatic carbocycles. The number of rotatable bonds is 5. The summed E-state index contributed by atoms with van der Waals surface area (Å²) in [5, 5.41) is 1.20. The second kappa shape index (κ2) is 6.33. The number of hydrogen-bond donors (Lipinski definition) is 1. The Labute approximate surface area is 107 Å². The fourth-order valence-electron chi connectivity index (χ4n) is 1.74. The van der Waals surface area contributed by atoms with Crippen LogP contribution in [0, 0.1) is 0 Å². The lowest BCUT2D eigenvalue weighted by Crippen LogP contribution is -2.03. The van der Waals surface area contributed by atoms with Gasteiger partial charge in [-0.3, -0.25) is 0 Å². The number of methoxy groups -OCH3 is 1. The van der Waals surface area contributed by atoms with Crippen LogP contribution in [0.4, 0.5) is 0 Å². The molecule has 0 aliphatic rings. The highest BCUT2D eigenvalue weighted by Crippen LogP contribution is 2.37. The fraction of sp³-hybridized carbons (Fsp3) is 0.500. The first-order valence-electron chi connectivity index (χ1n) is 5.33. The van der Waals surface area contributed by atoms with Gasteiger partial charge in [-0.15, -0.1) is 0 Å². The van der Waals surface area contributed by atoms with Gasteiger partial charge in [-0.25, -0.2) is 0 Å². The van der Waals surface area contributed by atoms with E-state index in [0.29, 0.717) is 22.5 Å². The van der Waals surface area contributed by atoms with Crippen molar-refractivity contribution in [1.29, 1.82) is 0 Å². The molecule has 16 heavy (non-hydrogen) atoms. The van der Waals surface area contributed by atoms with E-state index in [1.54, 1.807) is 13.2 Å². The van der Waals surface area contributed by atoms with E-state index in [4.69, 9.17) is 33.7 Å². The highest BCUT2D eigenvalue weighted by atomic mass is 35.5. The molecule has 0 saturated carbocycles. The van der Waals surface area contributed by atoms with E-state index < -0.39 is 0 Å². The molecule has 0 fully saturated rings. The Morgan fingerprint density at radius 3 is 2.62 bits per heavy atom. The lowest BCUT2D eigenvalue weighted by atomic mass is 9.95. The minimum Gasteiger partial charge on any atom is -0.495 e. The third kappa shape index (κ3) is 3.27. The summed E-state index contributed by atoms with van der Waals surface area (Å²) in [5.74, 6) is 1.06. The summed E-state index contributed by atoms with van der Waals surface area (Å²) in [6, 6.07) is 3.61. The monoisotopic (exact) mass is 261 g/mol. The maximum atomic E-state index is 6.08. The molecule has 0 heterocycles. The predicted octanol–water partition coefficient (Wildman–Crippen LogP) is 3.84. The van der Waals surface area contributed by atoms with Crippen molar-refractivity contribution in [1.82, 2.24) is 0 Å². The molecule has 1 atom stereocenters. The molecule has 1 aromatic carbocycles. The van der Waals surface area contributed by atoms with E-state index in [9.17, 15) is 0 Å². The zero-order valence-corrected chi connectivity index (χ0v) is 11.1. The van der Waals surface area contributed by atoms with E-state index in [1.165, 1.54) is 0 Å². The number of halogens is 2. The molecule has 0 aliphatic heterocycles. The van der Waals surface area contributed by atoms with Crippen LogP contribution in [-0.2, 0) is 0 Å². The van der Waals surface area contributed by atoms with Crippen LogP contribution in [-0.4, -0.2) is 13.7 Å². The number of benzene rings is 1. The van der Waals surface area contributed by atoms with Crippen LogP contribution in [0.3, 0.4) is 0 Å². The van der Waals surface area contributed by atoms with Crippen LogP contribution in [0.25, 0.3) is 0 Å². The second-order valence-corrected chi connectivity index (χ2v) is 4.69. The van der Waals surface area contributed by atoms with E-state index in [1.807, 2.05) is 6.07 Å². The van der Waals surface area contributed by atoms with Crippen LogP contribution in [0.5, 0.6) is 5.75 Å². The Balaban J connectivity index is 3.00. The molecule has 1 aromatic rings.